The van der Waals surface area contributed by atoms with Gasteiger partial charge in [0.25, 0.3) is 0 Å². The molecule has 1 fully saturated rings. The second-order valence-corrected chi connectivity index (χ2v) is 8.34. The van der Waals surface area contributed by atoms with Crippen molar-refractivity contribution < 1.29 is 4.74 Å². The van der Waals surface area contributed by atoms with Crippen LogP contribution in [0.4, 0.5) is 0 Å². The summed E-state index contributed by atoms with van der Waals surface area (Å²) in [5.74, 6) is 0. The monoisotopic (exact) mass is 334 g/mol. The number of nitrogens with zero attached hydrogens (tertiary/aromatic N) is 2. The molecule has 2 aromatic heterocycles. The highest BCUT2D eigenvalue weighted by Crippen LogP contribution is 2.44. The van der Waals surface area contributed by atoms with Gasteiger partial charge in [0.05, 0.1) is 12.3 Å². The summed E-state index contributed by atoms with van der Waals surface area (Å²) in [7, 11) is 0. The summed E-state index contributed by atoms with van der Waals surface area (Å²) in [6, 6.07) is 2.29. The van der Waals surface area contributed by atoms with Crippen LogP contribution in [-0.2, 0) is 23.3 Å². The minimum Gasteiger partial charge on any atom is -0.369 e. The molecular formula is C17H22N2OS2. The van der Waals surface area contributed by atoms with Gasteiger partial charge in [0, 0.05) is 35.0 Å². The summed E-state index contributed by atoms with van der Waals surface area (Å²) in [6.07, 6.45) is 3.33. The summed E-state index contributed by atoms with van der Waals surface area (Å²) in [6.45, 7) is 8.48. The van der Waals surface area contributed by atoms with E-state index in [4.69, 9.17) is 4.74 Å². The van der Waals surface area contributed by atoms with Crippen LogP contribution in [0.15, 0.2) is 11.4 Å². The molecule has 2 aromatic rings. The van der Waals surface area contributed by atoms with Crippen LogP contribution >= 0.6 is 22.9 Å². The molecule has 0 N–H and O–H groups in total. The summed E-state index contributed by atoms with van der Waals surface area (Å²) in [5, 5.41) is 2.23. The molecule has 118 valence electrons. The van der Waals surface area contributed by atoms with Gasteiger partial charge in [0.1, 0.15) is 5.60 Å². The third-order valence-corrected chi connectivity index (χ3v) is 7.16. The van der Waals surface area contributed by atoms with Gasteiger partial charge in [-0.05, 0) is 61.7 Å². The number of hydrogen-bond donors (Lipinski definition) is 0. The summed E-state index contributed by atoms with van der Waals surface area (Å²) >= 11 is 3.52. The Bertz CT molecular complexity index is 649. The summed E-state index contributed by atoms with van der Waals surface area (Å²) in [4.78, 5) is 5.44. The topological polar surface area (TPSA) is 25.4 Å². The molecule has 1 saturated heterocycles. The molecule has 2 aliphatic heterocycles. The van der Waals surface area contributed by atoms with Gasteiger partial charge >= 0.3 is 0 Å². The van der Waals surface area contributed by atoms with Crippen molar-refractivity contribution in [3.63, 3.8) is 0 Å². The molecular weight excluding hydrogens is 312 g/mol. The zero-order valence-corrected chi connectivity index (χ0v) is 14.9. The number of aryl methyl sites for hydroxylation is 2. The Labute approximate surface area is 140 Å². The molecule has 0 aromatic carbocycles. The molecule has 0 aliphatic carbocycles. The average molecular weight is 335 g/mol. The van der Waals surface area contributed by atoms with Crippen LogP contribution in [-0.4, -0.2) is 29.0 Å². The maximum absolute atomic E-state index is 6.30. The first-order chi connectivity index (χ1) is 10.7. The van der Waals surface area contributed by atoms with E-state index < -0.39 is 0 Å². The van der Waals surface area contributed by atoms with E-state index in [9.17, 15) is 0 Å². The van der Waals surface area contributed by atoms with Crippen molar-refractivity contribution >= 4 is 22.9 Å². The molecule has 0 atom stereocenters. The molecule has 22 heavy (non-hydrogen) atoms. The van der Waals surface area contributed by atoms with E-state index in [0.717, 1.165) is 45.5 Å². The van der Waals surface area contributed by atoms with E-state index in [1.165, 1.54) is 26.6 Å². The molecule has 2 aliphatic rings. The smallest absolute Gasteiger partial charge is 0.105 e. The molecule has 1 spiro atoms. The van der Waals surface area contributed by atoms with Crippen LogP contribution in [0.5, 0.6) is 0 Å². The number of fused-ring (bicyclic) bond motifs is 2. The Balaban J connectivity index is 1.48. The van der Waals surface area contributed by atoms with Crippen LogP contribution in [0.25, 0.3) is 0 Å². The van der Waals surface area contributed by atoms with Gasteiger partial charge in [-0.2, -0.15) is 4.37 Å². The minimum atomic E-state index is 0.00916. The number of thiophene rings is 1. The number of rotatable bonds is 2. The third kappa shape index (κ3) is 2.44. The van der Waals surface area contributed by atoms with E-state index in [0.29, 0.717) is 0 Å². The van der Waals surface area contributed by atoms with Crippen LogP contribution in [0.1, 0.15) is 39.4 Å². The van der Waals surface area contributed by atoms with Gasteiger partial charge in [-0.3, -0.25) is 4.90 Å². The molecule has 5 heteroatoms. The van der Waals surface area contributed by atoms with E-state index in [1.54, 1.807) is 11.5 Å². The lowest BCUT2D eigenvalue weighted by Crippen LogP contribution is -2.45. The minimum absolute atomic E-state index is 0.00916. The van der Waals surface area contributed by atoms with Gasteiger partial charge in [0.2, 0.25) is 0 Å². The largest absolute Gasteiger partial charge is 0.369 e. The molecule has 4 heterocycles. The van der Waals surface area contributed by atoms with Crippen molar-refractivity contribution in [1.29, 1.82) is 0 Å². The second kappa shape index (κ2) is 5.71. The number of hydrogen-bond acceptors (Lipinski definition) is 5. The normalized spacial score (nSPS) is 21.2. The lowest BCUT2D eigenvalue weighted by atomic mass is 9.85. The summed E-state index contributed by atoms with van der Waals surface area (Å²) in [5.41, 5.74) is 4.17. The predicted octanol–water partition coefficient (Wildman–Crippen LogP) is 3.89. The Hall–Kier alpha value is -0.750. The molecule has 0 bridgehead atoms. The van der Waals surface area contributed by atoms with Crippen molar-refractivity contribution in [3.05, 3.63) is 38.0 Å². The maximum Gasteiger partial charge on any atom is 0.105 e. The average Bonchev–Trinajstić information content (AvgIpc) is 3.12. The van der Waals surface area contributed by atoms with Crippen LogP contribution in [0.3, 0.4) is 0 Å². The number of piperidine rings is 1. The lowest BCUT2D eigenvalue weighted by Gasteiger charge is -2.43. The van der Waals surface area contributed by atoms with Crippen molar-refractivity contribution in [3.8, 4) is 0 Å². The van der Waals surface area contributed by atoms with E-state index >= 15 is 0 Å². The fourth-order valence-electron chi connectivity index (χ4n) is 3.75. The second-order valence-electron chi connectivity index (χ2n) is 6.45. The van der Waals surface area contributed by atoms with Crippen LogP contribution < -0.4 is 0 Å². The highest BCUT2D eigenvalue weighted by Gasteiger charge is 2.41. The number of aromatic nitrogens is 1. The summed E-state index contributed by atoms with van der Waals surface area (Å²) < 4.78 is 10.8. The fourth-order valence-corrected chi connectivity index (χ4v) is 5.62. The molecule has 0 unspecified atom stereocenters. The number of ether oxygens (including phenoxy) is 1. The van der Waals surface area contributed by atoms with Crippen LogP contribution in [0.2, 0.25) is 0 Å². The van der Waals surface area contributed by atoms with Gasteiger partial charge in [-0.25, -0.2) is 0 Å². The molecule has 0 amide bonds. The maximum atomic E-state index is 6.30. The van der Waals surface area contributed by atoms with Crippen molar-refractivity contribution in [2.75, 3.05) is 19.7 Å². The van der Waals surface area contributed by atoms with Crippen molar-refractivity contribution in [1.82, 2.24) is 9.27 Å². The molecule has 0 saturated carbocycles. The quantitative estimate of drug-likeness (QED) is 0.833. The predicted molar refractivity (Wildman–Crippen MR) is 91.8 cm³/mol. The first-order valence-corrected chi connectivity index (χ1v) is 9.68. The zero-order valence-electron chi connectivity index (χ0n) is 13.2. The van der Waals surface area contributed by atoms with Gasteiger partial charge in [0.15, 0.2) is 0 Å². The third-order valence-electron chi connectivity index (χ3n) is 5.14. The van der Waals surface area contributed by atoms with E-state index in [2.05, 4.69) is 34.6 Å². The highest BCUT2D eigenvalue weighted by molar-refractivity contribution is 7.10. The van der Waals surface area contributed by atoms with Crippen LogP contribution in [0, 0.1) is 13.8 Å². The van der Waals surface area contributed by atoms with E-state index in [-0.39, 0.29) is 5.60 Å². The SMILES string of the molecule is Cc1nsc(C)c1CN1CCC2(CC1)OCCc1ccsc12. The van der Waals surface area contributed by atoms with E-state index in [1.807, 2.05) is 11.3 Å². The Kier molecular flexibility index (Phi) is 3.85. The van der Waals surface area contributed by atoms with Gasteiger partial charge in [-0.1, -0.05) is 0 Å². The zero-order chi connectivity index (χ0) is 15.2. The van der Waals surface area contributed by atoms with Crippen molar-refractivity contribution in [2.45, 2.75) is 45.3 Å². The van der Waals surface area contributed by atoms with Gasteiger partial charge in [-0.15, -0.1) is 11.3 Å². The Morgan fingerprint density at radius 2 is 2.14 bits per heavy atom. The molecule has 0 radical (unpaired) electrons. The standard InChI is InChI=1S/C17H22N2OS2/c1-12-15(13(2)22-18-12)11-19-7-5-17(6-8-19)16-14(3-9-20-17)4-10-21-16/h4,10H,3,5-9,11H2,1-2H3. The van der Waals surface area contributed by atoms with Gasteiger partial charge < -0.3 is 4.74 Å². The number of likely N-dealkylation sites (tertiary alicyclic amines) is 1. The highest BCUT2D eigenvalue weighted by atomic mass is 32.1. The Morgan fingerprint density at radius 3 is 2.86 bits per heavy atom. The first kappa shape index (κ1) is 14.8. The molecule has 3 nitrogen and oxygen atoms in total. The van der Waals surface area contributed by atoms with Crippen molar-refractivity contribution in [2.24, 2.45) is 0 Å². The first-order valence-electron chi connectivity index (χ1n) is 8.03. The fraction of sp³-hybridized carbons (Fsp3) is 0.588. The Morgan fingerprint density at radius 1 is 1.32 bits per heavy atom. The molecule has 4 rings (SSSR count). The lowest BCUT2D eigenvalue weighted by molar-refractivity contribution is -0.0961.